The van der Waals surface area contributed by atoms with Crippen LogP contribution >= 0.6 is 0 Å². The maximum absolute atomic E-state index is 12.5. The highest BCUT2D eigenvalue weighted by molar-refractivity contribution is 5.64. The summed E-state index contributed by atoms with van der Waals surface area (Å²) in [5.74, 6) is 0. The first kappa shape index (κ1) is 11.7. The summed E-state index contributed by atoms with van der Waals surface area (Å²) < 4.78 is 25.0. The Hall–Kier alpha value is -1.74. The first-order valence-corrected chi connectivity index (χ1v) is 5.37. The second-order valence-electron chi connectivity index (χ2n) is 3.85. The predicted octanol–water partition coefficient (Wildman–Crippen LogP) is 3.62. The van der Waals surface area contributed by atoms with E-state index in [1.807, 2.05) is 36.4 Å². The average molecular weight is 233 g/mol. The molecule has 0 fully saturated rings. The third-order valence-electron chi connectivity index (χ3n) is 2.65. The van der Waals surface area contributed by atoms with Gasteiger partial charge < -0.3 is 5.73 Å². The normalized spacial score (nSPS) is 12.7. The number of benzene rings is 2. The van der Waals surface area contributed by atoms with Gasteiger partial charge in [-0.05, 0) is 22.8 Å². The summed E-state index contributed by atoms with van der Waals surface area (Å²) in [6, 6.07) is 15.4. The Kier molecular flexibility index (Phi) is 3.49. The fourth-order valence-corrected chi connectivity index (χ4v) is 1.70. The molecule has 1 atom stereocenters. The van der Waals surface area contributed by atoms with Crippen LogP contribution in [0.25, 0.3) is 11.1 Å². The average Bonchev–Trinajstić information content (AvgIpc) is 2.39. The third-order valence-corrected chi connectivity index (χ3v) is 2.65. The SMILES string of the molecule is N[C@H](c1cccc(-c2ccccc2)c1)C(F)F. The molecule has 0 heterocycles. The summed E-state index contributed by atoms with van der Waals surface area (Å²) in [5.41, 5.74) is 7.79. The second-order valence-corrected chi connectivity index (χ2v) is 3.85. The fraction of sp³-hybridized carbons (Fsp3) is 0.143. The lowest BCUT2D eigenvalue weighted by molar-refractivity contribution is 0.116. The maximum atomic E-state index is 12.5. The number of halogens is 2. The first-order valence-electron chi connectivity index (χ1n) is 5.37. The summed E-state index contributed by atoms with van der Waals surface area (Å²) in [6.45, 7) is 0. The molecule has 0 bridgehead atoms. The standard InChI is InChI=1S/C14H13F2N/c15-14(16)13(17)12-8-4-7-11(9-12)10-5-2-1-3-6-10/h1-9,13-14H,17H2/t13-/m1/s1. The van der Waals surface area contributed by atoms with Gasteiger partial charge in [-0.3, -0.25) is 0 Å². The van der Waals surface area contributed by atoms with Crippen LogP contribution in [0.1, 0.15) is 11.6 Å². The van der Waals surface area contributed by atoms with Crippen molar-refractivity contribution in [1.82, 2.24) is 0 Å². The van der Waals surface area contributed by atoms with Crippen molar-refractivity contribution in [3.05, 3.63) is 60.2 Å². The van der Waals surface area contributed by atoms with E-state index in [9.17, 15) is 8.78 Å². The van der Waals surface area contributed by atoms with Gasteiger partial charge >= 0.3 is 0 Å². The molecular formula is C14H13F2N. The van der Waals surface area contributed by atoms with Crippen LogP contribution in [0.5, 0.6) is 0 Å². The highest BCUT2D eigenvalue weighted by Crippen LogP contribution is 2.24. The van der Waals surface area contributed by atoms with Gasteiger partial charge in [0.25, 0.3) is 6.43 Å². The van der Waals surface area contributed by atoms with Crippen LogP contribution < -0.4 is 5.73 Å². The molecular weight excluding hydrogens is 220 g/mol. The Balaban J connectivity index is 2.35. The lowest BCUT2D eigenvalue weighted by Gasteiger charge is -2.12. The maximum Gasteiger partial charge on any atom is 0.257 e. The van der Waals surface area contributed by atoms with Crippen molar-refractivity contribution in [3.8, 4) is 11.1 Å². The molecule has 0 aromatic heterocycles. The fourth-order valence-electron chi connectivity index (χ4n) is 1.70. The van der Waals surface area contributed by atoms with Crippen LogP contribution in [0.15, 0.2) is 54.6 Å². The van der Waals surface area contributed by atoms with Gasteiger partial charge in [-0.1, -0.05) is 48.5 Å². The predicted molar refractivity (Wildman–Crippen MR) is 64.8 cm³/mol. The molecule has 0 radical (unpaired) electrons. The van der Waals surface area contributed by atoms with E-state index in [4.69, 9.17) is 5.73 Å². The summed E-state index contributed by atoms with van der Waals surface area (Å²) in [6.07, 6.45) is -2.54. The van der Waals surface area contributed by atoms with Gasteiger partial charge in [0, 0.05) is 0 Å². The molecule has 0 spiro atoms. The third kappa shape index (κ3) is 2.68. The van der Waals surface area contributed by atoms with Gasteiger partial charge in [-0.15, -0.1) is 0 Å². The molecule has 2 aromatic carbocycles. The molecule has 3 heteroatoms. The van der Waals surface area contributed by atoms with Crippen LogP contribution in [0.2, 0.25) is 0 Å². The van der Waals surface area contributed by atoms with E-state index in [-0.39, 0.29) is 0 Å². The number of rotatable bonds is 3. The van der Waals surface area contributed by atoms with Gasteiger partial charge in [0.05, 0.1) is 6.04 Å². The van der Waals surface area contributed by atoms with E-state index < -0.39 is 12.5 Å². The Morgan fingerprint density at radius 1 is 0.824 bits per heavy atom. The van der Waals surface area contributed by atoms with Crippen LogP contribution in [0.3, 0.4) is 0 Å². The topological polar surface area (TPSA) is 26.0 Å². The van der Waals surface area contributed by atoms with Gasteiger partial charge in [-0.25, -0.2) is 8.78 Å². The zero-order chi connectivity index (χ0) is 12.3. The molecule has 0 aliphatic rings. The van der Waals surface area contributed by atoms with Gasteiger partial charge in [0.1, 0.15) is 0 Å². The smallest absolute Gasteiger partial charge is 0.257 e. The second kappa shape index (κ2) is 5.06. The summed E-state index contributed by atoms with van der Waals surface area (Å²) >= 11 is 0. The zero-order valence-corrected chi connectivity index (χ0v) is 9.18. The van der Waals surface area contributed by atoms with E-state index in [0.29, 0.717) is 5.56 Å². The highest BCUT2D eigenvalue weighted by atomic mass is 19.3. The van der Waals surface area contributed by atoms with E-state index in [1.165, 1.54) is 0 Å². The molecule has 0 saturated carbocycles. The summed E-state index contributed by atoms with van der Waals surface area (Å²) in [7, 11) is 0. The molecule has 0 aliphatic carbocycles. The molecule has 0 amide bonds. The Bertz CT molecular complexity index is 483. The number of hydrogen-bond acceptors (Lipinski definition) is 1. The van der Waals surface area contributed by atoms with Crippen LogP contribution in [-0.2, 0) is 0 Å². The molecule has 2 N–H and O–H groups in total. The zero-order valence-electron chi connectivity index (χ0n) is 9.18. The Morgan fingerprint density at radius 2 is 1.47 bits per heavy atom. The Labute approximate surface area is 98.9 Å². The molecule has 88 valence electrons. The van der Waals surface area contributed by atoms with Crippen LogP contribution in [0.4, 0.5) is 8.78 Å². The van der Waals surface area contributed by atoms with Crippen molar-refractivity contribution < 1.29 is 8.78 Å². The largest absolute Gasteiger partial charge is 0.319 e. The summed E-state index contributed by atoms with van der Waals surface area (Å²) in [5, 5.41) is 0. The molecule has 2 aromatic rings. The monoisotopic (exact) mass is 233 g/mol. The molecule has 2 rings (SSSR count). The van der Waals surface area contributed by atoms with E-state index in [2.05, 4.69) is 0 Å². The van der Waals surface area contributed by atoms with Crippen LogP contribution in [0, 0.1) is 0 Å². The number of nitrogens with two attached hydrogens (primary N) is 1. The number of alkyl halides is 2. The van der Waals surface area contributed by atoms with Crippen LogP contribution in [-0.4, -0.2) is 6.43 Å². The minimum atomic E-state index is -2.54. The van der Waals surface area contributed by atoms with Gasteiger partial charge in [-0.2, -0.15) is 0 Å². The van der Waals surface area contributed by atoms with Crippen molar-refractivity contribution in [2.24, 2.45) is 5.73 Å². The van der Waals surface area contributed by atoms with Gasteiger partial charge in [0.15, 0.2) is 0 Å². The number of hydrogen-bond donors (Lipinski definition) is 1. The lowest BCUT2D eigenvalue weighted by Crippen LogP contribution is -2.18. The quantitative estimate of drug-likeness (QED) is 0.860. The van der Waals surface area contributed by atoms with Gasteiger partial charge in [0.2, 0.25) is 0 Å². The molecule has 0 unspecified atom stereocenters. The van der Waals surface area contributed by atoms with E-state index in [0.717, 1.165) is 11.1 Å². The minimum absolute atomic E-state index is 0.460. The van der Waals surface area contributed by atoms with E-state index in [1.54, 1.807) is 18.2 Å². The van der Waals surface area contributed by atoms with Crippen molar-refractivity contribution in [2.75, 3.05) is 0 Å². The molecule has 17 heavy (non-hydrogen) atoms. The lowest BCUT2D eigenvalue weighted by atomic mass is 10.00. The first-order chi connectivity index (χ1) is 8.18. The minimum Gasteiger partial charge on any atom is -0.319 e. The highest BCUT2D eigenvalue weighted by Gasteiger charge is 2.17. The molecule has 1 nitrogen and oxygen atoms in total. The summed E-state index contributed by atoms with van der Waals surface area (Å²) in [4.78, 5) is 0. The molecule has 0 saturated heterocycles. The van der Waals surface area contributed by atoms with Crippen molar-refractivity contribution in [3.63, 3.8) is 0 Å². The van der Waals surface area contributed by atoms with Crippen molar-refractivity contribution in [2.45, 2.75) is 12.5 Å². The van der Waals surface area contributed by atoms with Crippen molar-refractivity contribution in [1.29, 1.82) is 0 Å². The molecule has 0 aliphatic heterocycles. The van der Waals surface area contributed by atoms with E-state index >= 15 is 0 Å². The van der Waals surface area contributed by atoms with Crippen molar-refractivity contribution >= 4 is 0 Å². The Morgan fingerprint density at radius 3 is 2.12 bits per heavy atom.